The van der Waals surface area contributed by atoms with Crippen LogP contribution >= 0.6 is 15.9 Å². The van der Waals surface area contributed by atoms with Gasteiger partial charge in [0.25, 0.3) is 5.56 Å². The summed E-state index contributed by atoms with van der Waals surface area (Å²) in [6.45, 7) is 3.02. The fraction of sp³-hybridized carbons (Fsp3) is 0.500. The predicted molar refractivity (Wildman–Crippen MR) is 70.5 cm³/mol. The van der Waals surface area contributed by atoms with Crippen LogP contribution in [0, 0.1) is 0 Å². The summed E-state index contributed by atoms with van der Waals surface area (Å²) in [5, 5.41) is 0. The molecule has 1 aromatic rings. The lowest BCUT2D eigenvalue weighted by molar-refractivity contribution is 0.102. The van der Waals surface area contributed by atoms with Crippen molar-refractivity contribution in [2.75, 3.05) is 13.2 Å². The van der Waals surface area contributed by atoms with E-state index in [1.807, 2.05) is 0 Å². The van der Waals surface area contributed by atoms with Gasteiger partial charge < -0.3 is 14.2 Å². The number of amides is 1. The molecule has 1 aromatic heterocycles. The molecule has 0 radical (unpaired) electrons. The maximum absolute atomic E-state index is 12.1. The average Bonchev–Trinajstić information content (AvgIpc) is 2.36. The Hall–Kier alpha value is -1.30. The number of fused-ring (bicyclic) bond motifs is 1. The molecule has 0 N–H and O–H groups in total. The third-order valence-electron chi connectivity index (χ3n) is 3.04. The highest BCUT2D eigenvalue weighted by molar-refractivity contribution is 9.10. The molecular formula is C12H15BrN2O3. The maximum Gasteiger partial charge on any atom is 0.410 e. The number of hydrogen-bond donors (Lipinski definition) is 0. The van der Waals surface area contributed by atoms with E-state index < -0.39 is 0 Å². The van der Waals surface area contributed by atoms with Crippen LogP contribution in [0.25, 0.3) is 0 Å². The van der Waals surface area contributed by atoms with Gasteiger partial charge in [0.05, 0.1) is 13.2 Å². The van der Waals surface area contributed by atoms with Crippen LogP contribution in [0.5, 0.6) is 0 Å². The van der Waals surface area contributed by atoms with Crippen molar-refractivity contribution < 1.29 is 9.53 Å². The molecule has 6 heteroatoms. The van der Waals surface area contributed by atoms with Crippen LogP contribution < -0.4 is 5.56 Å². The topological polar surface area (TPSA) is 51.5 Å². The minimum atomic E-state index is -0.356. The largest absolute Gasteiger partial charge is 0.450 e. The second-order valence-corrected chi connectivity index (χ2v) is 5.08. The standard InChI is InChI=1S/C12H15BrN2O3/c1-3-18-12(17)15-5-4-8-9(6-15)11(16)14(2)7-10(8)13/h7H,3-6H2,1-2H3. The van der Waals surface area contributed by atoms with Crippen LogP contribution in [0.4, 0.5) is 4.79 Å². The van der Waals surface area contributed by atoms with Gasteiger partial charge in [0, 0.05) is 29.8 Å². The zero-order valence-electron chi connectivity index (χ0n) is 10.4. The van der Waals surface area contributed by atoms with Crippen molar-refractivity contribution in [1.82, 2.24) is 9.47 Å². The molecule has 0 bridgehead atoms. The summed E-state index contributed by atoms with van der Waals surface area (Å²) in [5.74, 6) is 0. The molecule has 0 fully saturated rings. The number of aryl methyl sites for hydroxylation is 1. The van der Waals surface area contributed by atoms with Crippen molar-refractivity contribution in [1.29, 1.82) is 0 Å². The Labute approximate surface area is 113 Å². The minimum absolute atomic E-state index is 0.0535. The summed E-state index contributed by atoms with van der Waals surface area (Å²) >= 11 is 3.46. The first-order valence-corrected chi connectivity index (χ1v) is 6.62. The molecule has 5 nitrogen and oxygen atoms in total. The molecule has 2 rings (SSSR count). The first-order chi connectivity index (χ1) is 8.54. The fourth-order valence-corrected chi connectivity index (χ4v) is 2.86. The highest BCUT2D eigenvalue weighted by atomic mass is 79.9. The molecule has 0 saturated carbocycles. The predicted octanol–water partition coefficient (Wildman–Crippen LogP) is 1.66. The number of hydrogen-bond acceptors (Lipinski definition) is 3. The van der Waals surface area contributed by atoms with Gasteiger partial charge >= 0.3 is 6.09 Å². The van der Waals surface area contributed by atoms with Crippen molar-refractivity contribution in [2.24, 2.45) is 7.05 Å². The number of pyridine rings is 1. The monoisotopic (exact) mass is 314 g/mol. The number of rotatable bonds is 1. The van der Waals surface area contributed by atoms with Crippen LogP contribution in [0.1, 0.15) is 18.1 Å². The van der Waals surface area contributed by atoms with Crippen LogP contribution in [-0.4, -0.2) is 28.7 Å². The molecule has 1 aliphatic rings. The van der Waals surface area contributed by atoms with Crippen LogP contribution in [0.2, 0.25) is 0 Å². The van der Waals surface area contributed by atoms with Crippen LogP contribution in [0.3, 0.4) is 0 Å². The van der Waals surface area contributed by atoms with E-state index in [9.17, 15) is 9.59 Å². The number of nitrogens with zero attached hydrogens (tertiary/aromatic N) is 2. The van der Waals surface area contributed by atoms with E-state index in [1.54, 1.807) is 25.1 Å². The Morgan fingerprint density at radius 1 is 1.50 bits per heavy atom. The van der Waals surface area contributed by atoms with Gasteiger partial charge in [0.2, 0.25) is 0 Å². The molecule has 0 spiro atoms. The molecule has 1 aliphatic heterocycles. The van der Waals surface area contributed by atoms with E-state index in [4.69, 9.17) is 4.74 Å². The van der Waals surface area contributed by atoms with Crippen molar-refractivity contribution in [3.8, 4) is 0 Å². The van der Waals surface area contributed by atoms with E-state index in [2.05, 4.69) is 15.9 Å². The first kappa shape index (κ1) is 13.1. The highest BCUT2D eigenvalue weighted by Gasteiger charge is 2.25. The molecule has 0 unspecified atom stereocenters. The summed E-state index contributed by atoms with van der Waals surface area (Å²) in [6.07, 6.45) is 2.08. The Kier molecular flexibility index (Phi) is 3.75. The van der Waals surface area contributed by atoms with Crippen molar-refractivity contribution in [2.45, 2.75) is 19.9 Å². The summed E-state index contributed by atoms with van der Waals surface area (Å²) in [7, 11) is 1.71. The van der Waals surface area contributed by atoms with Gasteiger partial charge in [-0.2, -0.15) is 0 Å². The van der Waals surface area contributed by atoms with E-state index in [-0.39, 0.29) is 11.7 Å². The van der Waals surface area contributed by atoms with Gasteiger partial charge in [0.15, 0.2) is 0 Å². The maximum atomic E-state index is 12.1. The van der Waals surface area contributed by atoms with Crippen molar-refractivity contribution >= 4 is 22.0 Å². The fourth-order valence-electron chi connectivity index (χ4n) is 2.11. The molecule has 0 aromatic carbocycles. The molecule has 0 atom stereocenters. The van der Waals surface area contributed by atoms with Gasteiger partial charge in [-0.3, -0.25) is 4.79 Å². The van der Waals surface area contributed by atoms with Crippen LogP contribution in [-0.2, 0) is 24.8 Å². The molecular weight excluding hydrogens is 300 g/mol. The van der Waals surface area contributed by atoms with Crippen LogP contribution in [0.15, 0.2) is 15.5 Å². The molecule has 18 heavy (non-hydrogen) atoms. The lowest BCUT2D eigenvalue weighted by atomic mass is 10.0. The van der Waals surface area contributed by atoms with E-state index in [1.165, 1.54) is 4.57 Å². The summed E-state index contributed by atoms with van der Waals surface area (Å²) in [4.78, 5) is 25.3. The average molecular weight is 315 g/mol. The lowest BCUT2D eigenvalue weighted by Crippen LogP contribution is -2.40. The smallest absolute Gasteiger partial charge is 0.410 e. The Bertz CT molecular complexity index is 539. The third-order valence-corrected chi connectivity index (χ3v) is 3.73. The second-order valence-electron chi connectivity index (χ2n) is 4.22. The highest BCUT2D eigenvalue weighted by Crippen LogP contribution is 2.24. The Morgan fingerprint density at radius 3 is 2.89 bits per heavy atom. The SMILES string of the molecule is CCOC(=O)N1CCc2c(Br)cn(C)c(=O)c2C1. The quantitative estimate of drug-likeness (QED) is 0.792. The summed E-state index contributed by atoms with van der Waals surface area (Å²) < 4.78 is 7.41. The number of carbonyl (C=O) groups is 1. The zero-order chi connectivity index (χ0) is 13.3. The number of aromatic nitrogens is 1. The van der Waals surface area contributed by atoms with E-state index in [0.29, 0.717) is 31.7 Å². The molecule has 2 heterocycles. The Balaban J connectivity index is 2.34. The number of carbonyl (C=O) groups excluding carboxylic acids is 1. The molecule has 1 amide bonds. The summed E-state index contributed by atoms with van der Waals surface area (Å²) in [5.41, 5.74) is 1.62. The molecule has 0 aliphatic carbocycles. The van der Waals surface area contributed by atoms with Gasteiger partial charge in [-0.25, -0.2) is 4.79 Å². The number of halogens is 1. The normalized spacial score (nSPS) is 14.3. The number of ether oxygens (including phenoxy) is 1. The van der Waals surface area contributed by atoms with Gasteiger partial charge in [-0.05, 0) is 34.8 Å². The first-order valence-electron chi connectivity index (χ1n) is 5.83. The lowest BCUT2D eigenvalue weighted by Gasteiger charge is -2.28. The van der Waals surface area contributed by atoms with E-state index >= 15 is 0 Å². The van der Waals surface area contributed by atoms with Crippen molar-refractivity contribution in [3.63, 3.8) is 0 Å². The Morgan fingerprint density at radius 2 is 2.22 bits per heavy atom. The van der Waals surface area contributed by atoms with Gasteiger partial charge in [-0.1, -0.05) is 0 Å². The molecule has 0 saturated heterocycles. The van der Waals surface area contributed by atoms with E-state index in [0.717, 1.165) is 10.0 Å². The van der Waals surface area contributed by atoms with Crippen molar-refractivity contribution in [3.05, 3.63) is 32.2 Å². The molecule has 98 valence electrons. The minimum Gasteiger partial charge on any atom is -0.450 e. The second kappa shape index (κ2) is 5.14. The van der Waals surface area contributed by atoms with Gasteiger partial charge in [-0.15, -0.1) is 0 Å². The zero-order valence-corrected chi connectivity index (χ0v) is 12.0. The van der Waals surface area contributed by atoms with Gasteiger partial charge in [0.1, 0.15) is 0 Å². The third kappa shape index (κ3) is 2.29. The summed E-state index contributed by atoms with van der Waals surface area (Å²) in [6, 6.07) is 0.